The zero-order chi connectivity index (χ0) is 12.3. The molecule has 0 aliphatic heterocycles. The molecule has 1 amide bonds. The molecule has 1 aromatic rings. The SMILES string of the molecule is CCNC1(C(N)=O)CCCC(n2ccnc2)C1. The molecule has 2 rings (SSSR count). The fraction of sp³-hybridized carbons (Fsp3) is 0.667. The molecule has 1 heterocycles. The molecular formula is C12H20N4O. The van der Waals surface area contributed by atoms with Gasteiger partial charge in [0.15, 0.2) is 0 Å². The van der Waals surface area contributed by atoms with E-state index in [1.165, 1.54) is 0 Å². The quantitative estimate of drug-likeness (QED) is 0.813. The third-order valence-corrected chi connectivity index (χ3v) is 3.66. The number of carbonyl (C=O) groups is 1. The Labute approximate surface area is 101 Å². The maximum absolute atomic E-state index is 11.7. The summed E-state index contributed by atoms with van der Waals surface area (Å²) in [4.78, 5) is 15.8. The molecular weight excluding hydrogens is 216 g/mol. The summed E-state index contributed by atoms with van der Waals surface area (Å²) in [5.41, 5.74) is 5.04. The number of nitrogens with one attached hydrogen (secondary N) is 1. The molecule has 1 aliphatic rings. The van der Waals surface area contributed by atoms with Gasteiger partial charge in [0.05, 0.1) is 11.9 Å². The van der Waals surface area contributed by atoms with Crippen molar-refractivity contribution in [3.63, 3.8) is 0 Å². The van der Waals surface area contributed by atoms with Crippen molar-refractivity contribution >= 4 is 5.91 Å². The number of aromatic nitrogens is 2. The largest absolute Gasteiger partial charge is 0.368 e. The second kappa shape index (κ2) is 4.87. The number of carbonyl (C=O) groups excluding carboxylic acids is 1. The van der Waals surface area contributed by atoms with Gasteiger partial charge in [-0.05, 0) is 32.2 Å². The lowest BCUT2D eigenvalue weighted by Crippen LogP contribution is -2.57. The van der Waals surface area contributed by atoms with Gasteiger partial charge in [0.25, 0.3) is 0 Å². The lowest BCUT2D eigenvalue weighted by Gasteiger charge is -2.39. The molecule has 1 saturated carbocycles. The van der Waals surface area contributed by atoms with Gasteiger partial charge >= 0.3 is 0 Å². The fourth-order valence-corrected chi connectivity index (χ4v) is 2.80. The molecule has 1 aliphatic carbocycles. The topological polar surface area (TPSA) is 72.9 Å². The Morgan fingerprint density at radius 3 is 3.12 bits per heavy atom. The van der Waals surface area contributed by atoms with Crippen molar-refractivity contribution in [2.75, 3.05) is 6.54 Å². The van der Waals surface area contributed by atoms with Gasteiger partial charge in [0.1, 0.15) is 0 Å². The van der Waals surface area contributed by atoms with Crippen LogP contribution in [0.2, 0.25) is 0 Å². The Morgan fingerprint density at radius 1 is 1.71 bits per heavy atom. The predicted octanol–water partition coefficient (Wildman–Crippen LogP) is 0.832. The molecule has 94 valence electrons. The smallest absolute Gasteiger partial charge is 0.237 e. The van der Waals surface area contributed by atoms with Gasteiger partial charge in [-0.15, -0.1) is 0 Å². The molecule has 1 fully saturated rings. The molecule has 17 heavy (non-hydrogen) atoms. The highest BCUT2D eigenvalue weighted by Crippen LogP contribution is 2.35. The zero-order valence-electron chi connectivity index (χ0n) is 10.2. The van der Waals surface area contributed by atoms with E-state index in [9.17, 15) is 4.79 Å². The lowest BCUT2D eigenvalue weighted by atomic mass is 9.78. The number of nitrogens with two attached hydrogens (primary N) is 1. The molecule has 2 unspecified atom stereocenters. The maximum atomic E-state index is 11.7. The van der Waals surface area contributed by atoms with E-state index >= 15 is 0 Å². The minimum atomic E-state index is -0.540. The van der Waals surface area contributed by atoms with Crippen LogP contribution in [-0.2, 0) is 4.79 Å². The van der Waals surface area contributed by atoms with Crippen molar-refractivity contribution < 1.29 is 4.79 Å². The summed E-state index contributed by atoms with van der Waals surface area (Å²) in [6, 6.07) is 0.317. The number of hydrogen-bond donors (Lipinski definition) is 2. The van der Waals surface area contributed by atoms with Gasteiger partial charge in [0.2, 0.25) is 5.91 Å². The molecule has 1 aromatic heterocycles. The Morgan fingerprint density at radius 2 is 2.53 bits per heavy atom. The van der Waals surface area contributed by atoms with E-state index in [2.05, 4.69) is 14.9 Å². The van der Waals surface area contributed by atoms with Crippen molar-refractivity contribution in [1.29, 1.82) is 0 Å². The monoisotopic (exact) mass is 236 g/mol. The first-order valence-corrected chi connectivity index (χ1v) is 6.20. The molecule has 3 N–H and O–H groups in total. The van der Waals surface area contributed by atoms with Crippen LogP contribution in [-0.4, -0.2) is 27.5 Å². The average molecular weight is 236 g/mol. The third-order valence-electron chi connectivity index (χ3n) is 3.66. The highest BCUT2D eigenvalue weighted by atomic mass is 16.1. The van der Waals surface area contributed by atoms with Crippen LogP contribution in [0, 0.1) is 0 Å². The Bertz CT molecular complexity index is 372. The Kier molecular flexibility index (Phi) is 3.47. The van der Waals surface area contributed by atoms with E-state index in [4.69, 9.17) is 5.73 Å². The summed E-state index contributed by atoms with van der Waals surface area (Å²) in [7, 11) is 0. The Hall–Kier alpha value is -1.36. The number of likely N-dealkylation sites (N-methyl/N-ethyl adjacent to an activating group) is 1. The van der Waals surface area contributed by atoms with E-state index < -0.39 is 5.54 Å². The molecule has 5 heteroatoms. The van der Waals surface area contributed by atoms with Crippen molar-refractivity contribution in [2.24, 2.45) is 5.73 Å². The van der Waals surface area contributed by atoms with E-state index in [0.717, 1.165) is 32.2 Å². The third kappa shape index (κ3) is 2.34. The first kappa shape index (κ1) is 12.1. The van der Waals surface area contributed by atoms with Crippen molar-refractivity contribution in [1.82, 2.24) is 14.9 Å². The second-order valence-corrected chi connectivity index (χ2v) is 4.74. The van der Waals surface area contributed by atoms with Crippen LogP contribution in [0.25, 0.3) is 0 Å². The molecule has 2 atom stereocenters. The summed E-state index contributed by atoms with van der Waals surface area (Å²) < 4.78 is 2.08. The van der Waals surface area contributed by atoms with Crippen molar-refractivity contribution in [3.8, 4) is 0 Å². The molecule has 0 bridgehead atoms. The minimum Gasteiger partial charge on any atom is -0.368 e. The van der Waals surface area contributed by atoms with Gasteiger partial charge in [0, 0.05) is 18.4 Å². The van der Waals surface area contributed by atoms with Gasteiger partial charge in [-0.2, -0.15) is 0 Å². The predicted molar refractivity (Wildman–Crippen MR) is 65.3 cm³/mol. The number of amides is 1. The van der Waals surface area contributed by atoms with Gasteiger partial charge < -0.3 is 15.6 Å². The molecule has 0 saturated heterocycles. The number of imidazole rings is 1. The minimum absolute atomic E-state index is 0.232. The number of hydrogen-bond acceptors (Lipinski definition) is 3. The molecule has 5 nitrogen and oxygen atoms in total. The summed E-state index contributed by atoms with van der Waals surface area (Å²) >= 11 is 0. The highest BCUT2D eigenvalue weighted by Gasteiger charge is 2.41. The molecule has 0 radical (unpaired) electrons. The summed E-state index contributed by atoms with van der Waals surface area (Å²) in [5.74, 6) is -0.232. The standard InChI is InChI=1S/C12H20N4O/c1-2-15-12(11(13)17)5-3-4-10(8-12)16-7-6-14-9-16/h6-7,9-10,15H,2-5,8H2,1H3,(H2,13,17). The number of nitrogens with zero attached hydrogens (tertiary/aromatic N) is 2. The summed E-state index contributed by atoms with van der Waals surface area (Å²) in [6.07, 6.45) is 9.22. The molecule has 0 spiro atoms. The van der Waals surface area contributed by atoms with E-state index in [0.29, 0.717) is 6.04 Å². The molecule has 0 aromatic carbocycles. The van der Waals surface area contributed by atoms with E-state index in [1.54, 1.807) is 6.20 Å². The zero-order valence-corrected chi connectivity index (χ0v) is 10.2. The van der Waals surface area contributed by atoms with Crippen LogP contribution in [0.5, 0.6) is 0 Å². The van der Waals surface area contributed by atoms with Crippen LogP contribution < -0.4 is 11.1 Å². The normalized spacial score (nSPS) is 29.1. The van der Waals surface area contributed by atoms with Gasteiger partial charge in [-0.3, -0.25) is 4.79 Å². The van der Waals surface area contributed by atoms with Gasteiger partial charge in [-0.25, -0.2) is 4.98 Å². The van der Waals surface area contributed by atoms with Crippen LogP contribution in [0.4, 0.5) is 0 Å². The van der Waals surface area contributed by atoms with Crippen LogP contribution >= 0.6 is 0 Å². The van der Waals surface area contributed by atoms with E-state index in [-0.39, 0.29) is 5.91 Å². The van der Waals surface area contributed by atoms with Gasteiger partial charge in [-0.1, -0.05) is 6.92 Å². The lowest BCUT2D eigenvalue weighted by molar-refractivity contribution is -0.126. The van der Waals surface area contributed by atoms with Crippen molar-refractivity contribution in [2.45, 2.75) is 44.2 Å². The number of rotatable bonds is 4. The van der Waals surface area contributed by atoms with Crippen LogP contribution in [0.3, 0.4) is 0 Å². The maximum Gasteiger partial charge on any atom is 0.237 e. The van der Waals surface area contributed by atoms with Crippen molar-refractivity contribution in [3.05, 3.63) is 18.7 Å². The number of primary amides is 1. The van der Waals surface area contributed by atoms with E-state index in [1.807, 2.05) is 19.4 Å². The summed E-state index contributed by atoms with van der Waals surface area (Å²) in [5, 5.41) is 3.28. The Balaban J connectivity index is 2.17. The van der Waals surface area contributed by atoms with Crippen LogP contribution in [0.15, 0.2) is 18.7 Å². The highest BCUT2D eigenvalue weighted by molar-refractivity contribution is 5.84. The summed E-state index contributed by atoms with van der Waals surface area (Å²) in [6.45, 7) is 2.77. The second-order valence-electron chi connectivity index (χ2n) is 4.74. The van der Waals surface area contributed by atoms with Crippen LogP contribution in [0.1, 0.15) is 38.6 Å². The first-order valence-electron chi connectivity index (χ1n) is 6.20. The fourth-order valence-electron chi connectivity index (χ4n) is 2.80. The average Bonchev–Trinajstić information content (AvgIpc) is 2.83. The first-order chi connectivity index (χ1) is 8.18.